The standard InChI is InChI=1S/C6H5BrClNO4S/c1-9-2-3(14(8,12)13)4(7)5(9)6(10)11/h2H,1H3,(H,10,11). The monoisotopic (exact) mass is 301 g/mol. The molecule has 0 aliphatic rings. The molecule has 14 heavy (non-hydrogen) atoms. The average Bonchev–Trinajstić information content (AvgIpc) is 2.24. The molecule has 0 radical (unpaired) electrons. The van der Waals surface area contributed by atoms with Crippen molar-refractivity contribution in [3.8, 4) is 0 Å². The molecule has 8 heteroatoms. The average molecular weight is 303 g/mol. The van der Waals surface area contributed by atoms with Gasteiger partial charge in [-0.25, -0.2) is 13.2 Å². The Morgan fingerprint density at radius 1 is 1.64 bits per heavy atom. The smallest absolute Gasteiger partial charge is 0.353 e. The third kappa shape index (κ3) is 1.94. The number of aromatic carboxylic acids is 1. The van der Waals surface area contributed by atoms with E-state index >= 15 is 0 Å². The van der Waals surface area contributed by atoms with Crippen LogP contribution in [-0.2, 0) is 16.1 Å². The number of aromatic nitrogens is 1. The predicted octanol–water partition coefficient (Wildman–Crippen LogP) is 1.41. The fourth-order valence-corrected chi connectivity index (χ4v) is 3.40. The molecule has 0 fully saturated rings. The van der Waals surface area contributed by atoms with Crippen LogP contribution in [0.5, 0.6) is 0 Å². The van der Waals surface area contributed by atoms with E-state index in [1.54, 1.807) is 0 Å². The van der Waals surface area contributed by atoms with Crippen molar-refractivity contribution < 1.29 is 18.3 Å². The summed E-state index contributed by atoms with van der Waals surface area (Å²) >= 11 is 2.87. The van der Waals surface area contributed by atoms with Gasteiger partial charge in [-0.2, -0.15) is 0 Å². The summed E-state index contributed by atoms with van der Waals surface area (Å²) in [4.78, 5) is 10.4. The highest BCUT2D eigenvalue weighted by Crippen LogP contribution is 2.29. The van der Waals surface area contributed by atoms with Crippen molar-refractivity contribution >= 4 is 41.6 Å². The summed E-state index contributed by atoms with van der Waals surface area (Å²) in [5.41, 5.74) is -0.163. The van der Waals surface area contributed by atoms with Crippen molar-refractivity contribution in [1.29, 1.82) is 0 Å². The van der Waals surface area contributed by atoms with Gasteiger partial charge < -0.3 is 9.67 Å². The largest absolute Gasteiger partial charge is 0.477 e. The van der Waals surface area contributed by atoms with Gasteiger partial charge in [-0.15, -0.1) is 0 Å². The van der Waals surface area contributed by atoms with Crippen molar-refractivity contribution in [3.63, 3.8) is 0 Å². The Balaban J connectivity index is 3.55. The number of hydrogen-bond donors (Lipinski definition) is 1. The minimum absolute atomic E-state index is 0.0394. The van der Waals surface area contributed by atoms with Crippen LogP contribution in [-0.4, -0.2) is 24.1 Å². The van der Waals surface area contributed by atoms with E-state index in [-0.39, 0.29) is 15.1 Å². The van der Waals surface area contributed by atoms with E-state index in [9.17, 15) is 13.2 Å². The zero-order chi connectivity index (χ0) is 11.1. The zero-order valence-corrected chi connectivity index (χ0v) is 10.0. The number of halogens is 2. The van der Waals surface area contributed by atoms with Crippen LogP contribution < -0.4 is 0 Å². The van der Waals surface area contributed by atoms with Crippen LogP contribution >= 0.6 is 26.6 Å². The molecule has 78 valence electrons. The van der Waals surface area contributed by atoms with Crippen LogP contribution in [0.1, 0.15) is 10.5 Å². The van der Waals surface area contributed by atoms with E-state index in [4.69, 9.17) is 15.8 Å². The van der Waals surface area contributed by atoms with Crippen LogP contribution in [0.15, 0.2) is 15.6 Å². The lowest BCUT2D eigenvalue weighted by Crippen LogP contribution is -2.03. The molecule has 1 rings (SSSR count). The van der Waals surface area contributed by atoms with Crippen LogP contribution in [0.2, 0.25) is 0 Å². The van der Waals surface area contributed by atoms with Gasteiger partial charge >= 0.3 is 5.97 Å². The van der Waals surface area contributed by atoms with Crippen molar-refractivity contribution in [2.75, 3.05) is 0 Å². The minimum Gasteiger partial charge on any atom is -0.477 e. The molecular weight excluding hydrogens is 297 g/mol. The summed E-state index contributed by atoms with van der Waals surface area (Å²) in [6, 6.07) is 0. The predicted molar refractivity (Wildman–Crippen MR) is 53.1 cm³/mol. The second-order valence-corrected chi connectivity index (χ2v) is 5.84. The number of hydrogen-bond acceptors (Lipinski definition) is 3. The van der Waals surface area contributed by atoms with Crippen LogP contribution in [0.4, 0.5) is 0 Å². The molecule has 0 amide bonds. The summed E-state index contributed by atoms with van der Waals surface area (Å²) in [5, 5.41) is 8.74. The third-order valence-electron chi connectivity index (χ3n) is 1.55. The molecule has 1 N–H and O–H groups in total. The molecule has 0 unspecified atom stereocenters. The van der Waals surface area contributed by atoms with Gasteiger partial charge in [0.25, 0.3) is 9.05 Å². The SMILES string of the molecule is Cn1cc(S(=O)(=O)Cl)c(Br)c1C(=O)O. The number of aryl methyl sites for hydroxylation is 1. The highest BCUT2D eigenvalue weighted by molar-refractivity contribution is 9.10. The summed E-state index contributed by atoms with van der Waals surface area (Å²) in [6.07, 6.45) is 1.13. The van der Waals surface area contributed by atoms with Gasteiger partial charge in [0.05, 0.1) is 4.47 Å². The van der Waals surface area contributed by atoms with Gasteiger partial charge in [0, 0.05) is 23.9 Å². The van der Waals surface area contributed by atoms with E-state index in [1.165, 1.54) is 11.6 Å². The van der Waals surface area contributed by atoms with Gasteiger partial charge in [0.15, 0.2) is 0 Å². The molecule has 5 nitrogen and oxygen atoms in total. The number of rotatable bonds is 2. The molecular formula is C6H5BrClNO4S. The number of carboxylic acids is 1. The fraction of sp³-hybridized carbons (Fsp3) is 0.167. The molecule has 0 aliphatic carbocycles. The zero-order valence-electron chi connectivity index (χ0n) is 6.86. The highest BCUT2D eigenvalue weighted by atomic mass is 79.9. The molecule has 0 aromatic carbocycles. The van der Waals surface area contributed by atoms with E-state index < -0.39 is 15.0 Å². The Labute approximate surface area is 92.8 Å². The Hall–Kier alpha value is -0.530. The third-order valence-corrected chi connectivity index (χ3v) is 3.95. The first kappa shape index (κ1) is 11.5. The molecule has 0 aliphatic heterocycles. The van der Waals surface area contributed by atoms with Crippen LogP contribution in [0, 0.1) is 0 Å². The molecule has 1 aromatic rings. The lowest BCUT2D eigenvalue weighted by atomic mass is 10.4. The van der Waals surface area contributed by atoms with Crippen LogP contribution in [0.3, 0.4) is 0 Å². The van der Waals surface area contributed by atoms with E-state index in [2.05, 4.69) is 15.9 Å². The number of carboxylic acid groups (broad SMARTS) is 1. The fourth-order valence-electron chi connectivity index (χ4n) is 0.983. The Bertz CT molecular complexity index is 492. The Kier molecular flexibility index (Phi) is 2.93. The number of nitrogens with zero attached hydrogens (tertiary/aromatic N) is 1. The molecule has 0 saturated heterocycles. The Morgan fingerprint density at radius 3 is 2.36 bits per heavy atom. The summed E-state index contributed by atoms with van der Waals surface area (Å²) < 4.78 is 23.1. The Morgan fingerprint density at radius 2 is 2.14 bits per heavy atom. The maximum Gasteiger partial charge on any atom is 0.353 e. The van der Waals surface area contributed by atoms with Gasteiger partial charge in [-0.3, -0.25) is 0 Å². The molecule has 0 saturated carbocycles. The van der Waals surface area contributed by atoms with Gasteiger partial charge in [0.1, 0.15) is 10.6 Å². The van der Waals surface area contributed by atoms with Crippen molar-refractivity contribution in [2.45, 2.75) is 4.90 Å². The van der Waals surface area contributed by atoms with Crippen molar-refractivity contribution in [1.82, 2.24) is 4.57 Å². The van der Waals surface area contributed by atoms with Gasteiger partial charge in [0.2, 0.25) is 0 Å². The lowest BCUT2D eigenvalue weighted by molar-refractivity contribution is 0.0685. The number of carbonyl (C=O) groups is 1. The van der Waals surface area contributed by atoms with E-state index in [0.29, 0.717) is 0 Å². The first-order valence-electron chi connectivity index (χ1n) is 3.28. The normalized spacial score (nSPS) is 11.6. The van der Waals surface area contributed by atoms with E-state index in [1.807, 2.05) is 0 Å². The molecule has 1 heterocycles. The van der Waals surface area contributed by atoms with Gasteiger partial charge in [-0.1, -0.05) is 0 Å². The second-order valence-electron chi connectivity index (χ2n) is 2.51. The topological polar surface area (TPSA) is 76.4 Å². The minimum atomic E-state index is -3.93. The second kappa shape index (κ2) is 3.56. The first-order chi connectivity index (χ1) is 6.25. The molecule has 1 aromatic heterocycles. The summed E-state index contributed by atoms with van der Waals surface area (Å²) in [5.74, 6) is -1.23. The van der Waals surface area contributed by atoms with Crippen molar-refractivity contribution in [2.24, 2.45) is 7.05 Å². The maximum absolute atomic E-state index is 11.0. The van der Waals surface area contributed by atoms with Gasteiger partial charge in [-0.05, 0) is 15.9 Å². The lowest BCUT2D eigenvalue weighted by Gasteiger charge is -1.95. The van der Waals surface area contributed by atoms with E-state index in [0.717, 1.165) is 6.20 Å². The highest BCUT2D eigenvalue weighted by Gasteiger charge is 2.24. The maximum atomic E-state index is 11.0. The van der Waals surface area contributed by atoms with Crippen LogP contribution in [0.25, 0.3) is 0 Å². The molecule has 0 atom stereocenters. The molecule has 0 spiro atoms. The quantitative estimate of drug-likeness (QED) is 0.838. The molecule has 0 bridgehead atoms. The van der Waals surface area contributed by atoms with Crippen molar-refractivity contribution in [3.05, 3.63) is 16.4 Å². The summed E-state index contributed by atoms with van der Waals surface area (Å²) in [7, 11) is 2.58. The summed E-state index contributed by atoms with van der Waals surface area (Å²) in [6.45, 7) is 0. The first-order valence-corrected chi connectivity index (χ1v) is 6.38.